The standard InChI is InChI=1S/C25H31NO6S/c1-6-8-19-13-17(3)22(18(4)14-19)23-20(27)15-25(16-21(23)32-24(28)31-5)9-11-26(12-10-25)33(29,30)7-2/h13-14H,7,9-12,15-16H2,1-5H3. The predicted octanol–water partition coefficient (Wildman–Crippen LogP) is 3.96. The SMILES string of the molecule is CC#Cc1cc(C)c(C2=C(OC(=O)OC)CC3(CCN(S(=O)(=O)CC)CC3)CC2=O)c(C)c1. The summed E-state index contributed by atoms with van der Waals surface area (Å²) >= 11 is 0. The lowest BCUT2D eigenvalue weighted by molar-refractivity contribution is -0.117. The smallest absolute Gasteiger partial charge is 0.437 e. The van der Waals surface area contributed by atoms with Crippen molar-refractivity contribution in [3.8, 4) is 11.8 Å². The zero-order chi connectivity index (χ0) is 24.4. The number of nitrogens with zero attached hydrogens (tertiary/aromatic N) is 1. The molecule has 1 aromatic carbocycles. The van der Waals surface area contributed by atoms with Gasteiger partial charge in [-0.3, -0.25) is 4.79 Å². The summed E-state index contributed by atoms with van der Waals surface area (Å²) in [5.74, 6) is 6.17. The van der Waals surface area contributed by atoms with Crippen LogP contribution in [0.25, 0.3) is 5.57 Å². The molecule has 0 radical (unpaired) electrons. The summed E-state index contributed by atoms with van der Waals surface area (Å²) < 4.78 is 36.3. The van der Waals surface area contributed by atoms with E-state index in [1.54, 1.807) is 13.8 Å². The van der Waals surface area contributed by atoms with Gasteiger partial charge in [0.25, 0.3) is 0 Å². The fourth-order valence-corrected chi connectivity index (χ4v) is 6.04. The number of aryl methyl sites for hydroxylation is 2. The quantitative estimate of drug-likeness (QED) is 0.486. The number of hydrogen-bond acceptors (Lipinski definition) is 6. The Balaban J connectivity index is 2.03. The lowest BCUT2D eigenvalue weighted by Gasteiger charge is -2.43. The summed E-state index contributed by atoms with van der Waals surface area (Å²) in [4.78, 5) is 25.6. The van der Waals surface area contributed by atoms with Gasteiger partial charge in [-0.15, -0.1) is 5.92 Å². The molecule has 1 aromatic rings. The van der Waals surface area contributed by atoms with Gasteiger partial charge in [-0.1, -0.05) is 5.92 Å². The van der Waals surface area contributed by atoms with Crippen molar-refractivity contribution >= 4 is 27.5 Å². The van der Waals surface area contributed by atoms with Gasteiger partial charge in [0.2, 0.25) is 10.0 Å². The third-order valence-electron chi connectivity index (χ3n) is 6.60. The number of sulfonamides is 1. The largest absolute Gasteiger partial charge is 0.513 e. The number of ketones is 1. The van der Waals surface area contributed by atoms with E-state index in [0.29, 0.717) is 43.7 Å². The molecule has 1 fully saturated rings. The number of carbonyl (C=O) groups is 2. The van der Waals surface area contributed by atoms with Gasteiger partial charge in [-0.25, -0.2) is 17.5 Å². The van der Waals surface area contributed by atoms with Gasteiger partial charge in [0, 0.05) is 31.5 Å². The number of hydrogen-bond donors (Lipinski definition) is 0. The number of ether oxygens (including phenoxy) is 2. The number of piperidine rings is 1. The van der Waals surface area contributed by atoms with Crippen LogP contribution in [0, 0.1) is 31.1 Å². The van der Waals surface area contributed by atoms with Crippen LogP contribution in [-0.2, 0) is 24.3 Å². The first-order chi connectivity index (χ1) is 15.6. The number of benzene rings is 1. The summed E-state index contributed by atoms with van der Waals surface area (Å²) in [5.41, 5.74) is 3.32. The lowest BCUT2D eigenvalue weighted by Crippen LogP contribution is -2.46. The first-order valence-corrected chi connectivity index (χ1v) is 12.7. The molecule has 0 unspecified atom stereocenters. The number of allylic oxidation sites excluding steroid dienone is 2. The highest BCUT2D eigenvalue weighted by Gasteiger charge is 2.45. The molecule has 0 atom stereocenters. The highest BCUT2D eigenvalue weighted by Crippen LogP contribution is 2.49. The van der Waals surface area contributed by atoms with Gasteiger partial charge in [0.15, 0.2) is 5.78 Å². The molecule has 0 saturated carbocycles. The molecular formula is C25H31NO6S. The van der Waals surface area contributed by atoms with Crippen molar-refractivity contribution in [1.82, 2.24) is 4.31 Å². The molecule has 8 heteroatoms. The maximum absolute atomic E-state index is 13.5. The highest BCUT2D eigenvalue weighted by atomic mass is 32.2. The van der Waals surface area contributed by atoms with Gasteiger partial charge in [0.05, 0.1) is 18.4 Å². The van der Waals surface area contributed by atoms with E-state index in [4.69, 9.17) is 9.47 Å². The molecule has 2 aliphatic rings. The number of carbonyl (C=O) groups excluding carboxylic acids is 2. The first-order valence-electron chi connectivity index (χ1n) is 11.1. The number of methoxy groups -OCH3 is 1. The van der Waals surface area contributed by atoms with Crippen molar-refractivity contribution in [1.29, 1.82) is 0 Å². The third-order valence-corrected chi connectivity index (χ3v) is 8.48. The van der Waals surface area contributed by atoms with Crippen LogP contribution in [-0.4, -0.2) is 50.6 Å². The Morgan fingerprint density at radius 2 is 1.76 bits per heavy atom. The zero-order valence-corrected chi connectivity index (χ0v) is 20.7. The molecule has 1 spiro atoms. The van der Waals surface area contributed by atoms with Crippen LogP contribution in [0.2, 0.25) is 0 Å². The van der Waals surface area contributed by atoms with Crippen molar-refractivity contribution in [3.63, 3.8) is 0 Å². The Bertz CT molecular complexity index is 1140. The van der Waals surface area contributed by atoms with E-state index in [0.717, 1.165) is 22.3 Å². The molecule has 178 valence electrons. The lowest BCUT2D eigenvalue weighted by atomic mass is 9.66. The van der Waals surface area contributed by atoms with Crippen molar-refractivity contribution in [2.75, 3.05) is 26.0 Å². The van der Waals surface area contributed by atoms with E-state index in [1.807, 2.05) is 26.0 Å². The molecule has 0 bridgehead atoms. The molecule has 1 saturated heterocycles. The summed E-state index contributed by atoms with van der Waals surface area (Å²) in [6.07, 6.45) is 0.844. The Hall–Kier alpha value is -2.63. The minimum absolute atomic E-state index is 0.0522. The summed E-state index contributed by atoms with van der Waals surface area (Å²) in [6, 6.07) is 3.85. The van der Waals surface area contributed by atoms with E-state index < -0.39 is 21.6 Å². The van der Waals surface area contributed by atoms with Crippen molar-refractivity contribution < 1.29 is 27.5 Å². The maximum Gasteiger partial charge on any atom is 0.513 e. The van der Waals surface area contributed by atoms with Crippen LogP contribution in [0.4, 0.5) is 4.79 Å². The second-order valence-electron chi connectivity index (χ2n) is 8.79. The van der Waals surface area contributed by atoms with E-state index in [-0.39, 0.29) is 18.0 Å². The average Bonchev–Trinajstić information content (AvgIpc) is 2.75. The van der Waals surface area contributed by atoms with Crippen molar-refractivity contribution in [2.45, 2.75) is 53.4 Å². The van der Waals surface area contributed by atoms with Gasteiger partial charge in [0.1, 0.15) is 5.76 Å². The molecule has 3 rings (SSSR count). The van der Waals surface area contributed by atoms with E-state index in [2.05, 4.69) is 11.8 Å². The third kappa shape index (κ3) is 5.15. The number of rotatable bonds is 4. The highest BCUT2D eigenvalue weighted by molar-refractivity contribution is 7.89. The minimum Gasteiger partial charge on any atom is -0.437 e. The normalized spacial score (nSPS) is 18.6. The Morgan fingerprint density at radius 3 is 2.27 bits per heavy atom. The Kier molecular flexibility index (Phi) is 7.35. The summed E-state index contributed by atoms with van der Waals surface area (Å²) in [7, 11) is -2.05. The fourth-order valence-electron chi connectivity index (χ4n) is 4.93. The van der Waals surface area contributed by atoms with Crippen molar-refractivity contribution in [3.05, 3.63) is 40.1 Å². The first kappa shape index (κ1) is 25.0. The van der Waals surface area contributed by atoms with Crippen LogP contribution >= 0.6 is 0 Å². The van der Waals surface area contributed by atoms with Crippen LogP contribution in [0.1, 0.15) is 61.8 Å². The minimum atomic E-state index is -3.28. The molecule has 1 aliphatic heterocycles. The van der Waals surface area contributed by atoms with Gasteiger partial charge in [-0.05, 0) is 74.8 Å². The van der Waals surface area contributed by atoms with Crippen LogP contribution in [0.15, 0.2) is 17.9 Å². The molecule has 1 aliphatic carbocycles. The fraction of sp³-hybridized carbons (Fsp3) is 0.520. The van der Waals surface area contributed by atoms with Crippen molar-refractivity contribution in [2.24, 2.45) is 5.41 Å². The molecule has 0 aromatic heterocycles. The second kappa shape index (κ2) is 9.70. The van der Waals surface area contributed by atoms with Crippen LogP contribution < -0.4 is 0 Å². The molecule has 33 heavy (non-hydrogen) atoms. The van der Waals surface area contributed by atoms with E-state index >= 15 is 0 Å². The van der Waals surface area contributed by atoms with Gasteiger partial charge < -0.3 is 9.47 Å². The molecule has 1 heterocycles. The topological polar surface area (TPSA) is 90.0 Å². The molecular weight excluding hydrogens is 442 g/mol. The second-order valence-corrected chi connectivity index (χ2v) is 11.0. The van der Waals surface area contributed by atoms with Gasteiger partial charge in [-0.2, -0.15) is 0 Å². The van der Waals surface area contributed by atoms with E-state index in [1.165, 1.54) is 11.4 Å². The molecule has 7 nitrogen and oxygen atoms in total. The Morgan fingerprint density at radius 1 is 1.15 bits per heavy atom. The van der Waals surface area contributed by atoms with Crippen LogP contribution in [0.3, 0.4) is 0 Å². The summed E-state index contributed by atoms with van der Waals surface area (Å²) in [6.45, 7) is 7.93. The molecule has 0 N–H and O–H groups in total. The van der Waals surface area contributed by atoms with E-state index in [9.17, 15) is 18.0 Å². The number of Topliss-reactive ketones (excluding diaryl/α,β-unsaturated/α-hetero) is 1. The van der Waals surface area contributed by atoms with Gasteiger partial charge >= 0.3 is 6.16 Å². The predicted molar refractivity (Wildman–Crippen MR) is 126 cm³/mol. The zero-order valence-electron chi connectivity index (χ0n) is 19.9. The maximum atomic E-state index is 13.5. The average molecular weight is 474 g/mol. The Labute approximate surface area is 196 Å². The van der Waals surface area contributed by atoms with Crippen LogP contribution in [0.5, 0.6) is 0 Å². The molecule has 0 amide bonds. The monoisotopic (exact) mass is 473 g/mol. The summed E-state index contributed by atoms with van der Waals surface area (Å²) in [5, 5.41) is 0.